The van der Waals surface area contributed by atoms with E-state index in [0.717, 1.165) is 11.1 Å². The summed E-state index contributed by atoms with van der Waals surface area (Å²) in [5.74, 6) is -1.11. The maximum atomic E-state index is 12.6. The van der Waals surface area contributed by atoms with Crippen molar-refractivity contribution in [3.8, 4) is 0 Å². The summed E-state index contributed by atoms with van der Waals surface area (Å²) < 4.78 is 15.7. The molecule has 0 bridgehead atoms. The predicted molar refractivity (Wildman–Crippen MR) is 107 cm³/mol. The van der Waals surface area contributed by atoms with Crippen LogP contribution in [0.1, 0.15) is 55.7 Å². The molecule has 7 heteroatoms. The first-order chi connectivity index (χ1) is 13.7. The Labute approximate surface area is 167 Å². The van der Waals surface area contributed by atoms with E-state index in [4.69, 9.17) is 13.9 Å². The maximum absolute atomic E-state index is 12.6. The molecule has 0 saturated heterocycles. The Kier molecular flexibility index (Phi) is 5.59. The van der Waals surface area contributed by atoms with E-state index in [-0.39, 0.29) is 18.9 Å². The summed E-state index contributed by atoms with van der Waals surface area (Å²) in [6.07, 6.45) is 0. The number of nitrogens with one attached hydrogen (secondary N) is 1. The molecule has 0 atom stereocenters. The number of carbonyl (C=O) groups excluding carboxylic acids is 2. The van der Waals surface area contributed by atoms with E-state index in [1.165, 1.54) is 6.07 Å². The lowest BCUT2D eigenvalue weighted by atomic mass is 10.0. The Balaban J connectivity index is 1.89. The van der Waals surface area contributed by atoms with E-state index in [1.807, 2.05) is 19.9 Å². The van der Waals surface area contributed by atoms with Gasteiger partial charge in [0.15, 0.2) is 0 Å². The zero-order valence-electron chi connectivity index (χ0n) is 17.1. The van der Waals surface area contributed by atoms with Crippen LogP contribution in [0.25, 0.3) is 11.0 Å². The van der Waals surface area contributed by atoms with Gasteiger partial charge in [-0.1, -0.05) is 0 Å². The summed E-state index contributed by atoms with van der Waals surface area (Å²) in [5.41, 5.74) is 4.04. The monoisotopic (exact) mass is 397 g/mol. The average molecular weight is 397 g/mol. The highest BCUT2D eigenvalue weighted by Gasteiger charge is 2.24. The maximum Gasteiger partial charge on any atom is 0.355 e. The van der Waals surface area contributed by atoms with Crippen LogP contribution in [-0.4, -0.2) is 23.5 Å². The number of ether oxygens (including phenoxy) is 2. The quantitative estimate of drug-likeness (QED) is 0.518. The molecule has 0 aliphatic heterocycles. The molecule has 152 valence electrons. The molecule has 7 nitrogen and oxygen atoms in total. The number of esters is 2. The van der Waals surface area contributed by atoms with Crippen LogP contribution in [0.4, 0.5) is 0 Å². The zero-order chi connectivity index (χ0) is 21.3. The summed E-state index contributed by atoms with van der Waals surface area (Å²) >= 11 is 0. The van der Waals surface area contributed by atoms with Crippen LogP contribution in [0, 0.1) is 27.7 Å². The molecule has 29 heavy (non-hydrogen) atoms. The van der Waals surface area contributed by atoms with Gasteiger partial charge in [0.1, 0.15) is 17.9 Å². The van der Waals surface area contributed by atoms with Crippen molar-refractivity contribution in [2.75, 3.05) is 6.61 Å². The van der Waals surface area contributed by atoms with Crippen LogP contribution >= 0.6 is 0 Å². The highest BCUT2D eigenvalue weighted by atomic mass is 16.5. The molecule has 0 aliphatic rings. The summed E-state index contributed by atoms with van der Waals surface area (Å²) in [6, 6.07) is 5.02. The van der Waals surface area contributed by atoms with Crippen molar-refractivity contribution >= 4 is 22.9 Å². The molecule has 0 amide bonds. The van der Waals surface area contributed by atoms with Crippen molar-refractivity contribution in [2.45, 2.75) is 41.2 Å². The second-order valence-corrected chi connectivity index (χ2v) is 6.94. The lowest BCUT2D eigenvalue weighted by Crippen LogP contribution is -2.10. The number of carbonyl (C=O) groups is 2. The van der Waals surface area contributed by atoms with Gasteiger partial charge in [-0.3, -0.25) is 0 Å². The van der Waals surface area contributed by atoms with Crippen LogP contribution < -0.4 is 5.63 Å². The normalized spacial score (nSPS) is 10.9. The second-order valence-electron chi connectivity index (χ2n) is 6.94. The molecular weight excluding hydrogens is 374 g/mol. The number of aryl methyl sites for hydroxylation is 3. The molecule has 3 aromatic rings. The molecule has 0 aliphatic carbocycles. The number of hydrogen-bond acceptors (Lipinski definition) is 6. The molecular formula is C22H23NO6. The van der Waals surface area contributed by atoms with Crippen LogP contribution in [0.15, 0.2) is 27.4 Å². The first-order valence-corrected chi connectivity index (χ1v) is 9.30. The van der Waals surface area contributed by atoms with E-state index < -0.39 is 17.6 Å². The molecule has 2 aromatic heterocycles. The van der Waals surface area contributed by atoms with Gasteiger partial charge in [0.05, 0.1) is 12.2 Å². The number of rotatable bonds is 5. The first kappa shape index (κ1) is 20.4. The molecule has 3 rings (SSSR count). The van der Waals surface area contributed by atoms with Crippen molar-refractivity contribution < 1.29 is 23.5 Å². The van der Waals surface area contributed by atoms with Crippen LogP contribution in [-0.2, 0) is 16.1 Å². The van der Waals surface area contributed by atoms with Crippen LogP contribution in [0.2, 0.25) is 0 Å². The van der Waals surface area contributed by atoms with Gasteiger partial charge >= 0.3 is 17.6 Å². The van der Waals surface area contributed by atoms with Gasteiger partial charge in [0.25, 0.3) is 0 Å². The summed E-state index contributed by atoms with van der Waals surface area (Å²) in [4.78, 5) is 39.5. The fraction of sp³-hybridized carbons (Fsp3) is 0.318. The molecule has 1 N–H and O–H groups in total. The summed E-state index contributed by atoms with van der Waals surface area (Å²) in [7, 11) is 0. The SMILES string of the molecule is CCOC(=O)c1c(C)[nH]c(C(=O)OCc2cc(=O)oc3cc(C)c(C)cc23)c1C. The van der Waals surface area contributed by atoms with Gasteiger partial charge in [-0.15, -0.1) is 0 Å². The molecule has 0 fully saturated rings. The predicted octanol–water partition coefficient (Wildman–Crippen LogP) is 3.89. The number of benzene rings is 1. The third-order valence-electron chi connectivity index (χ3n) is 4.92. The smallest absolute Gasteiger partial charge is 0.355 e. The van der Waals surface area contributed by atoms with Gasteiger partial charge in [0.2, 0.25) is 0 Å². The zero-order valence-corrected chi connectivity index (χ0v) is 17.1. The highest BCUT2D eigenvalue weighted by Crippen LogP contribution is 2.24. The lowest BCUT2D eigenvalue weighted by Gasteiger charge is -2.09. The second kappa shape index (κ2) is 7.95. The minimum absolute atomic E-state index is 0.102. The molecule has 2 heterocycles. The molecule has 0 saturated carbocycles. The minimum atomic E-state index is -0.619. The fourth-order valence-corrected chi connectivity index (χ4v) is 3.28. The van der Waals surface area contributed by atoms with Crippen molar-refractivity contribution in [3.63, 3.8) is 0 Å². The summed E-state index contributed by atoms with van der Waals surface area (Å²) in [6.45, 7) is 9.09. The van der Waals surface area contributed by atoms with Gasteiger partial charge in [-0.25, -0.2) is 14.4 Å². The third-order valence-corrected chi connectivity index (χ3v) is 4.92. The van der Waals surface area contributed by atoms with Crippen molar-refractivity contribution in [1.29, 1.82) is 0 Å². The lowest BCUT2D eigenvalue weighted by molar-refractivity contribution is 0.0466. The van der Waals surface area contributed by atoms with E-state index in [1.54, 1.807) is 26.8 Å². The first-order valence-electron chi connectivity index (χ1n) is 9.30. The Morgan fingerprint density at radius 3 is 2.38 bits per heavy atom. The number of H-pyrrole nitrogens is 1. The van der Waals surface area contributed by atoms with Gasteiger partial charge in [0, 0.05) is 22.7 Å². The Morgan fingerprint density at radius 2 is 1.69 bits per heavy atom. The van der Waals surface area contributed by atoms with E-state index >= 15 is 0 Å². The Bertz CT molecular complexity index is 1170. The van der Waals surface area contributed by atoms with Gasteiger partial charge in [-0.2, -0.15) is 0 Å². The average Bonchev–Trinajstić information content (AvgIpc) is 2.95. The number of hydrogen-bond donors (Lipinski definition) is 1. The van der Waals surface area contributed by atoms with Gasteiger partial charge in [-0.05, 0) is 63.4 Å². The third kappa shape index (κ3) is 3.94. The largest absolute Gasteiger partial charge is 0.462 e. The molecule has 0 radical (unpaired) electrons. The molecule has 1 aromatic carbocycles. The van der Waals surface area contributed by atoms with Crippen molar-refractivity contribution in [3.05, 3.63) is 67.8 Å². The van der Waals surface area contributed by atoms with E-state index in [2.05, 4.69) is 4.98 Å². The fourth-order valence-electron chi connectivity index (χ4n) is 3.28. The van der Waals surface area contributed by atoms with E-state index in [0.29, 0.717) is 33.4 Å². The number of fused-ring (bicyclic) bond motifs is 1. The number of aromatic amines is 1. The molecule has 0 unspecified atom stereocenters. The van der Waals surface area contributed by atoms with Gasteiger partial charge < -0.3 is 18.9 Å². The van der Waals surface area contributed by atoms with Crippen LogP contribution in [0.3, 0.4) is 0 Å². The number of aromatic nitrogens is 1. The van der Waals surface area contributed by atoms with E-state index in [9.17, 15) is 14.4 Å². The minimum Gasteiger partial charge on any atom is -0.462 e. The standard InChI is InChI=1S/C22H23NO6/c1-6-27-21(25)19-13(4)20(23-14(19)5)22(26)28-10-15-9-18(24)29-17-8-12(3)11(2)7-16(15)17/h7-9,23H,6,10H2,1-5H3. The van der Waals surface area contributed by atoms with Crippen LogP contribution in [0.5, 0.6) is 0 Å². The van der Waals surface area contributed by atoms with Crippen molar-refractivity contribution in [1.82, 2.24) is 4.98 Å². The topological polar surface area (TPSA) is 98.6 Å². The summed E-state index contributed by atoms with van der Waals surface area (Å²) in [5, 5.41) is 0.715. The highest BCUT2D eigenvalue weighted by molar-refractivity contribution is 5.98. The Morgan fingerprint density at radius 1 is 1.00 bits per heavy atom. The Hall–Kier alpha value is -3.35. The molecule has 0 spiro atoms. The van der Waals surface area contributed by atoms with Crippen molar-refractivity contribution in [2.24, 2.45) is 0 Å².